The summed E-state index contributed by atoms with van der Waals surface area (Å²) in [6.07, 6.45) is 2.19. The van der Waals surface area contributed by atoms with Gasteiger partial charge in [0.15, 0.2) is 11.5 Å². The number of hydrogen-bond donors (Lipinski definition) is 2. The number of halogens is 1. The lowest BCUT2D eigenvalue weighted by molar-refractivity contribution is -0.121. The lowest BCUT2D eigenvalue weighted by Crippen LogP contribution is -2.23. The quantitative estimate of drug-likeness (QED) is 0.829. The van der Waals surface area contributed by atoms with Gasteiger partial charge in [0.1, 0.15) is 0 Å². The zero-order valence-electron chi connectivity index (χ0n) is 14.5. The van der Waals surface area contributed by atoms with Crippen molar-refractivity contribution in [1.82, 2.24) is 20.4 Å². The Bertz CT molecular complexity index is 754. The first kappa shape index (κ1) is 18.5. The van der Waals surface area contributed by atoms with Gasteiger partial charge in [0, 0.05) is 19.5 Å². The van der Waals surface area contributed by atoms with Crippen LogP contribution in [0.4, 0.5) is 0 Å². The second-order valence-corrected chi connectivity index (χ2v) is 6.34. The highest BCUT2D eigenvalue weighted by atomic mass is 35.5. The number of ether oxygens (including phenoxy) is 2. The normalized spacial score (nSPS) is 14.9. The van der Waals surface area contributed by atoms with Gasteiger partial charge in [-0.3, -0.25) is 9.48 Å². The molecule has 2 N–H and O–H groups in total. The zero-order valence-corrected chi connectivity index (χ0v) is 15.3. The van der Waals surface area contributed by atoms with Crippen molar-refractivity contribution in [3.8, 4) is 11.5 Å². The first-order chi connectivity index (χ1) is 12.3. The maximum Gasteiger partial charge on any atom is 0.231 e. The van der Waals surface area contributed by atoms with Gasteiger partial charge in [-0.1, -0.05) is 6.07 Å². The summed E-state index contributed by atoms with van der Waals surface area (Å²) in [4.78, 5) is 12.1. The average Bonchev–Trinajstić information content (AvgIpc) is 3.19. The molecule has 140 valence electrons. The molecular formula is C18H23ClN4O3. The van der Waals surface area contributed by atoms with Gasteiger partial charge in [-0.2, -0.15) is 5.10 Å². The van der Waals surface area contributed by atoms with E-state index in [1.807, 2.05) is 22.9 Å². The Kier molecular flexibility index (Phi) is 6.00. The molecule has 0 spiro atoms. The summed E-state index contributed by atoms with van der Waals surface area (Å²) in [6.45, 7) is 3.53. The van der Waals surface area contributed by atoms with Crippen molar-refractivity contribution in [1.29, 1.82) is 0 Å². The van der Waals surface area contributed by atoms with E-state index in [4.69, 9.17) is 9.47 Å². The highest BCUT2D eigenvalue weighted by Gasteiger charge is 2.14. The van der Waals surface area contributed by atoms with Crippen molar-refractivity contribution in [3.05, 3.63) is 41.2 Å². The van der Waals surface area contributed by atoms with Crippen molar-refractivity contribution in [3.63, 3.8) is 0 Å². The lowest BCUT2D eigenvalue weighted by atomic mass is 10.1. The fraction of sp³-hybridized carbons (Fsp3) is 0.444. The van der Waals surface area contributed by atoms with Gasteiger partial charge in [0.05, 0.1) is 17.9 Å². The summed E-state index contributed by atoms with van der Waals surface area (Å²) >= 11 is 0. The molecule has 0 saturated heterocycles. The Morgan fingerprint density at radius 3 is 3.08 bits per heavy atom. The molecule has 2 aliphatic rings. The van der Waals surface area contributed by atoms with Crippen LogP contribution in [0.3, 0.4) is 0 Å². The van der Waals surface area contributed by atoms with Crippen molar-refractivity contribution < 1.29 is 14.3 Å². The maximum atomic E-state index is 12.1. The van der Waals surface area contributed by atoms with Crippen LogP contribution in [0, 0.1) is 0 Å². The molecule has 1 amide bonds. The Labute approximate surface area is 158 Å². The summed E-state index contributed by atoms with van der Waals surface area (Å²) in [5.74, 6) is 1.55. The van der Waals surface area contributed by atoms with Crippen molar-refractivity contribution in [2.75, 3.05) is 13.3 Å². The Balaban J connectivity index is 0.00000196. The monoisotopic (exact) mass is 378 g/mol. The second-order valence-electron chi connectivity index (χ2n) is 6.34. The minimum absolute atomic E-state index is 0. The van der Waals surface area contributed by atoms with Crippen LogP contribution >= 0.6 is 12.4 Å². The van der Waals surface area contributed by atoms with Crippen LogP contribution in [0.2, 0.25) is 0 Å². The van der Waals surface area contributed by atoms with Crippen molar-refractivity contribution in [2.45, 2.75) is 38.9 Å². The Hall–Kier alpha value is -2.25. The molecule has 0 unspecified atom stereocenters. The first-order valence-electron chi connectivity index (χ1n) is 8.69. The lowest BCUT2D eigenvalue weighted by Gasteiger charge is -2.05. The van der Waals surface area contributed by atoms with Gasteiger partial charge in [-0.25, -0.2) is 0 Å². The molecule has 3 heterocycles. The van der Waals surface area contributed by atoms with Gasteiger partial charge in [0.25, 0.3) is 0 Å². The maximum absolute atomic E-state index is 12.1. The number of carbonyl (C=O) groups is 1. The number of fused-ring (bicyclic) bond motifs is 2. The average molecular weight is 379 g/mol. The van der Waals surface area contributed by atoms with E-state index in [1.54, 1.807) is 0 Å². The topological polar surface area (TPSA) is 77.4 Å². The Morgan fingerprint density at radius 1 is 1.27 bits per heavy atom. The highest BCUT2D eigenvalue weighted by Crippen LogP contribution is 2.32. The fourth-order valence-electron chi connectivity index (χ4n) is 3.14. The van der Waals surface area contributed by atoms with E-state index in [9.17, 15) is 4.79 Å². The first-order valence-corrected chi connectivity index (χ1v) is 8.69. The van der Waals surface area contributed by atoms with E-state index in [2.05, 4.69) is 21.8 Å². The van der Waals surface area contributed by atoms with Crippen LogP contribution in [-0.2, 0) is 30.8 Å². The highest BCUT2D eigenvalue weighted by molar-refractivity contribution is 5.85. The van der Waals surface area contributed by atoms with Gasteiger partial charge in [-0.05, 0) is 43.1 Å². The Morgan fingerprint density at radius 2 is 2.15 bits per heavy atom. The zero-order chi connectivity index (χ0) is 17.1. The van der Waals surface area contributed by atoms with Gasteiger partial charge < -0.3 is 20.1 Å². The number of aryl methyl sites for hydroxylation is 2. The summed E-state index contributed by atoms with van der Waals surface area (Å²) in [5.41, 5.74) is 3.16. The standard InChI is InChI=1S/C18H22N4O3.ClH/c23-18(5-3-13-2-4-16-17(8-13)25-12-24-16)20-10-14-9-15-11-19-6-1-7-22(15)21-14;/h2,4,8-9,19H,1,3,5-7,10-12H2,(H,20,23);1H. The summed E-state index contributed by atoms with van der Waals surface area (Å²) in [7, 11) is 0. The number of carbonyl (C=O) groups excluding carboxylic acids is 1. The number of rotatable bonds is 5. The van der Waals surface area contributed by atoms with Gasteiger partial charge in [-0.15, -0.1) is 12.4 Å². The number of aromatic nitrogens is 2. The third kappa shape index (κ3) is 4.28. The SMILES string of the molecule is Cl.O=C(CCc1ccc2c(c1)OCO2)NCc1cc2n(n1)CCCNC2. The third-order valence-corrected chi connectivity index (χ3v) is 4.49. The van der Waals surface area contributed by atoms with E-state index in [0.29, 0.717) is 19.4 Å². The van der Waals surface area contributed by atoms with E-state index < -0.39 is 0 Å². The number of hydrogen-bond acceptors (Lipinski definition) is 5. The fourth-order valence-corrected chi connectivity index (χ4v) is 3.14. The molecule has 0 radical (unpaired) electrons. The summed E-state index contributed by atoms with van der Waals surface area (Å²) < 4.78 is 12.7. The molecule has 7 nitrogen and oxygen atoms in total. The molecule has 4 rings (SSSR count). The van der Waals surface area contributed by atoms with E-state index in [0.717, 1.165) is 48.8 Å². The number of amides is 1. The molecular weight excluding hydrogens is 356 g/mol. The molecule has 2 aliphatic heterocycles. The predicted octanol–water partition coefficient (Wildman–Crippen LogP) is 1.78. The second kappa shape index (κ2) is 8.42. The van der Waals surface area contributed by atoms with Gasteiger partial charge >= 0.3 is 0 Å². The van der Waals surface area contributed by atoms with Crippen molar-refractivity contribution >= 4 is 18.3 Å². The molecule has 8 heteroatoms. The van der Waals surface area contributed by atoms with Crippen LogP contribution in [0.1, 0.15) is 29.8 Å². The number of nitrogens with zero attached hydrogens (tertiary/aromatic N) is 2. The van der Waals surface area contributed by atoms with Crippen molar-refractivity contribution in [2.24, 2.45) is 0 Å². The van der Waals surface area contributed by atoms with Crippen LogP contribution in [0.15, 0.2) is 24.3 Å². The summed E-state index contributed by atoms with van der Waals surface area (Å²) in [6, 6.07) is 7.87. The molecule has 2 aromatic rings. The molecule has 1 aromatic carbocycles. The molecule has 0 aliphatic carbocycles. The van der Waals surface area contributed by atoms with Crippen LogP contribution in [-0.4, -0.2) is 29.0 Å². The molecule has 0 saturated carbocycles. The summed E-state index contributed by atoms with van der Waals surface area (Å²) in [5, 5.41) is 10.9. The number of nitrogens with one attached hydrogen (secondary N) is 2. The van der Waals surface area contributed by atoms with E-state index in [1.165, 1.54) is 5.69 Å². The number of benzene rings is 1. The van der Waals surface area contributed by atoms with E-state index in [-0.39, 0.29) is 25.1 Å². The van der Waals surface area contributed by atoms with E-state index >= 15 is 0 Å². The van der Waals surface area contributed by atoms with Gasteiger partial charge in [0.2, 0.25) is 12.7 Å². The minimum atomic E-state index is 0. The molecule has 0 fully saturated rings. The minimum Gasteiger partial charge on any atom is -0.454 e. The molecule has 26 heavy (non-hydrogen) atoms. The molecule has 0 bridgehead atoms. The smallest absolute Gasteiger partial charge is 0.231 e. The largest absolute Gasteiger partial charge is 0.454 e. The van der Waals surface area contributed by atoms with Crippen LogP contribution in [0.25, 0.3) is 0 Å². The molecule has 0 atom stereocenters. The van der Waals surface area contributed by atoms with Crippen LogP contribution < -0.4 is 20.1 Å². The third-order valence-electron chi connectivity index (χ3n) is 4.49. The van der Waals surface area contributed by atoms with Crippen LogP contribution in [0.5, 0.6) is 11.5 Å². The molecule has 1 aromatic heterocycles. The predicted molar refractivity (Wildman–Crippen MR) is 98.5 cm³/mol.